The lowest BCUT2D eigenvalue weighted by atomic mass is 10.1. The van der Waals surface area contributed by atoms with E-state index in [-0.39, 0.29) is 17.3 Å². The molecule has 6 heteroatoms. The van der Waals surface area contributed by atoms with Crippen LogP contribution in [-0.4, -0.2) is 22.2 Å². The highest BCUT2D eigenvalue weighted by molar-refractivity contribution is 9.09. The summed E-state index contributed by atoms with van der Waals surface area (Å²) >= 11 is 3.29. The van der Waals surface area contributed by atoms with Crippen molar-refractivity contribution >= 4 is 27.5 Å². The first-order valence-electron chi connectivity index (χ1n) is 5.61. The molecular weight excluding hydrogens is 300 g/mol. The number of aryl methyl sites for hydroxylation is 1. The van der Waals surface area contributed by atoms with Gasteiger partial charge in [0.05, 0.1) is 4.92 Å². The molecule has 0 fully saturated rings. The highest BCUT2D eigenvalue weighted by atomic mass is 79.9. The second-order valence-electron chi connectivity index (χ2n) is 4.01. The summed E-state index contributed by atoms with van der Waals surface area (Å²) in [5.41, 5.74) is 0.763. The summed E-state index contributed by atoms with van der Waals surface area (Å²) in [6.07, 6.45) is 0.761. The van der Waals surface area contributed by atoms with Gasteiger partial charge in [-0.3, -0.25) is 14.9 Å². The standard InChI is InChI=1S/C12H15BrN2O3/c1-3-9(7-13)14-12(16)10-6-8(2)4-5-11(10)15(17)18/h4-6,9H,3,7H2,1-2H3,(H,14,16). The van der Waals surface area contributed by atoms with Crippen LogP contribution in [0.25, 0.3) is 0 Å². The maximum absolute atomic E-state index is 12.0. The minimum absolute atomic E-state index is 0.0300. The van der Waals surface area contributed by atoms with Crippen molar-refractivity contribution in [1.29, 1.82) is 0 Å². The molecule has 0 radical (unpaired) electrons. The lowest BCUT2D eigenvalue weighted by Crippen LogP contribution is -2.35. The van der Waals surface area contributed by atoms with Gasteiger partial charge in [-0.25, -0.2) is 0 Å². The molecule has 18 heavy (non-hydrogen) atoms. The molecule has 1 N–H and O–H groups in total. The summed E-state index contributed by atoms with van der Waals surface area (Å²) in [5.74, 6) is -0.406. The van der Waals surface area contributed by atoms with E-state index in [2.05, 4.69) is 21.2 Å². The van der Waals surface area contributed by atoms with Crippen molar-refractivity contribution in [2.75, 3.05) is 5.33 Å². The zero-order chi connectivity index (χ0) is 13.7. The number of nitro benzene ring substituents is 1. The minimum Gasteiger partial charge on any atom is -0.348 e. The number of benzene rings is 1. The third-order valence-corrected chi connectivity index (χ3v) is 3.39. The smallest absolute Gasteiger partial charge is 0.282 e. The van der Waals surface area contributed by atoms with Crippen LogP contribution in [-0.2, 0) is 0 Å². The van der Waals surface area contributed by atoms with Gasteiger partial charge in [0.15, 0.2) is 0 Å². The van der Waals surface area contributed by atoms with E-state index < -0.39 is 10.8 Å². The largest absolute Gasteiger partial charge is 0.348 e. The fraction of sp³-hybridized carbons (Fsp3) is 0.417. The number of alkyl halides is 1. The highest BCUT2D eigenvalue weighted by Gasteiger charge is 2.21. The van der Waals surface area contributed by atoms with Gasteiger partial charge in [0.25, 0.3) is 11.6 Å². The summed E-state index contributed by atoms with van der Waals surface area (Å²) in [6, 6.07) is 4.49. The summed E-state index contributed by atoms with van der Waals surface area (Å²) < 4.78 is 0. The first-order chi connectivity index (χ1) is 8.49. The average molecular weight is 315 g/mol. The number of halogens is 1. The fourth-order valence-electron chi connectivity index (χ4n) is 1.50. The summed E-state index contributed by atoms with van der Waals surface area (Å²) in [5, 5.41) is 14.3. The predicted octanol–water partition coefficient (Wildman–Crippen LogP) is 2.81. The van der Waals surface area contributed by atoms with Crippen molar-refractivity contribution in [3.8, 4) is 0 Å². The number of rotatable bonds is 5. The molecule has 0 heterocycles. The van der Waals surface area contributed by atoms with E-state index in [1.54, 1.807) is 13.0 Å². The number of nitrogens with one attached hydrogen (secondary N) is 1. The molecule has 1 rings (SSSR count). The molecule has 0 saturated heterocycles. The van der Waals surface area contributed by atoms with Gasteiger partial charge in [-0.2, -0.15) is 0 Å². The SMILES string of the molecule is CCC(CBr)NC(=O)c1cc(C)ccc1[N+](=O)[O-]. The van der Waals surface area contributed by atoms with E-state index in [1.165, 1.54) is 12.1 Å². The Kier molecular flexibility index (Phi) is 5.27. The number of carbonyl (C=O) groups excluding carboxylic acids is 1. The Hall–Kier alpha value is -1.43. The molecule has 0 saturated carbocycles. The third kappa shape index (κ3) is 3.53. The van der Waals surface area contributed by atoms with Gasteiger partial charge in [-0.15, -0.1) is 0 Å². The van der Waals surface area contributed by atoms with Gasteiger partial charge >= 0.3 is 0 Å². The van der Waals surface area contributed by atoms with Crippen LogP contribution in [0.2, 0.25) is 0 Å². The normalized spacial score (nSPS) is 11.9. The predicted molar refractivity (Wildman–Crippen MR) is 73.2 cm³/mol. The number of hydrogen-bond acceptors (Lipinski definition) is 3. The molecule has 1 unspecified atom stereocenters. The van der Waals surface area contributed by atoms with Crippen molar-refractivity contribution in [3.63, 3.8) is 0 Å². The lowest BCUT2D eigenvalue weighted by molar-refractivity contribution is -0.385. The molecular formula is C12H15BrN2O3. The van der Waals surface area contributed by atoms with E-state index in [9.17, 15) is 14.9 Å². The number of nitro groups is 1. The van der Waals surface area contributed by atoms with Crippen molar-refractivity contribution in [3.05, 3.63) is 39.4 Å². The third-order valence-electron chi connectivity index (χ3n) is 2.61. The van der Waals surface area contributed by atoms with Crippen LogP contribution in [0.15, 0.2) is 18.2 Å². The lowest BCUT2D eigenvalue weighted by Gasteiger charge is -2.14. The monoisotopic (exact) mass is 314 g/mol. The van der Waals surface area contributed by atoms with Crippen molar-refractivity contribution < 1.29 is 9.72 Å². The van der Waals surface area contributed by atoms with Crippen LogP contribution in [0.3, 0.4) is 0 Å². The Morgan fingerprint density at radius 2 is 2.22 bits per heavy atom. The first kappa shape index (κ1) is 14.6. The van der Waals surface area contributed by atoms with E-state index >= 15 is 0 Å². The number of nitrogens with zero attached hydrogens (tertiary/aromatic N) is 1. The van der Waals surface area contributed by atoms with Crippen LogP contribution in [0.1, 0.15) is 29.3 Å². The molecule has 0 spiro atoms. The van der Waals surface area contributed by atoms with Gasteiger partial charge in [-0.05, 0) is 25.0 Å². The molecule has 1 aromatic carbocycles. The first-order valence-corrected chi connectivity index (χ1v) is 6.73. The van der Waals surface area contributed by atoms with Crippen LogP contribution < -0.4 is 5.32 Å². The summed E-state index contributed by atoms with van der Waals surface area (Å²) in [4.78, 5) is 22.4. The Morgan fingerprint density at radius 3 is 2.72 bits per heavy atom. The van der Waals surface area contributed by atoms with Crippen molar-refractivity contribution in [2.24, 2.45) is 0 Å². The minimum atomic E-state index is -0.538. The van der Waals surface area contributed by atoms with Gasteiger partial charge < -0.3 is 5.32 Å². The highest BCUT2D eigenvalue weighted by Crippen LogP contribution is 2.20. The molecule has 1 aromatic rings. The zero-order valence-corrected chi connectivity index (χ0v) is 11.9. The quantitative estimate of drug-likeness (QED) is 0.516. The van der Waals surface area contributed by atoms with Crippen LogP contribution in [0.5, 0.6) is 0 Å². The van der Waals surface area contributed by atoms with Gasteiger partial charge in [0, 0.05) is 17.4 Å². The van der Waals surface area contributed by atoms with E-state index in [4.69, 9.17) is 0 Å². The average Bonchev–Trinajstić information content (AvgIpc) is 2.35. The van der Waals surface area contributed by atoms with Crippen LogP contribution in [0, 0.1) is 17.0 Å². The molecule has 0 aliphatic carbocycles. The summed E-state index contributed by atoms with van der Waals surface area (Å²) in [6.45, 7) is 3.74. The maximum atomic E-state index is 12.0. The molecule has 5 nitrogen and oxygen atoms in total. The van der Waals surface area contributed by atoms with Gasteiger partial charge in [-0.1, -0.05) is 28.9 Å². The fourth-order valence-corrected chi connectivity index (χ4v) is 2.12. The van der Waals surface area contributed by atoms with Crippen LogP contribution >= 0.6 is 15.9 Å². The molecule has 1 amide bonds. The molecule has 0 aliphatic heterocycles. The zero-order valence-electron chi connectivity index (χ0n) is 10.3. The van der Waals surface area contributed by atoms with E-state index in [0.29, 0.717) is 5.33 Å². The number of hydrogen-bond donors (Lipinski definition) is 1. The number of amides is 1. The number of carbonyl (C=O) groups is 1. The molecule has 98 valence electrons. The maximum Gasteiger partial charge on any atom is 0.282 e. The topological polar surface area (TPSA) is 72.2 Å². The van der Waals surface area contributed by atoms with Crippen molar-refractivity contribution in [1.82, 2.24) is 5.32 Å². The second-order valence-corrected chi connectivity index (χ2v) is 4.66. The van der Waals surface area contributed by atoms with E-state index in [1.807, 2.05) is 6.92 Å². The molecule has 0 aromatic heterocycles. The Bertz CT molecular complexity index is 459. The van der Waals surface area contributed by atoms with Gasteiger partial charge in [0.1, 0.15) is 5.56 Å². The molecule has 1 atom stereocenters. The Balaban J connectivity index is 3.03. The Morgan fingerprint density at radius 1 is 1.56 bits per heavy atom. The van der Waals surface area contributed by atoms with Gasteiger partial charge in [0.2, 0.25) is 0 Å². The molecule has 0 aliphatic rings. The van der Waals surface area contributed by atoms with Crippen molar-refractivity contribution in [2.45, 2.75) is 26.3 Å². The molecule has 0 bridgehead atoms. The second kappa shape index (κ2) is 6.49. The van der Waals surface area contributed by atoms with Crippen LogP contribution in [0.4, 0.5) is 5.69 Å². The Labute approximate surface area is 114 Å². The summed E-state index contributed by atoms with van der Waals surface area (Å²) in [7, 11) is 0. The van der Waals surface area contributed by atoms with E-state index in [0.717, 1.165) is 12.0 Å².